The molecule has 2 heterocycles. The molecule has 28 heavy (non-hydrogen) atoms. The van der Waals surface area contributed by atoms with Gasteiger partial charge in [-0.1, -0.05) is 24.3 Å². The predicted molar refractivity (Wildman–Crippen MR) is 108 cm³/mol. The van der Waals surface area contributed by atoms with Gasteiger partial charge < -0.3 is 19.7 Å². The standard InChI is InChI=1S/C23H26N2O3/c1-15(24-23(26)18-6-7-18)16-2-4-17(5-3-16)19-13-25(14-19)20-8-9-21-22(12-20)28-11-10-27-21/h2-5,8-9,12,15,18-19H,6-7,10-11,13-14H2,1H3,(H,24,26)/t15-/m0/s1. The lowest BCUT2D eigenvalue weighted by molar-refractivity contribution is -0.122. The van der Waals surface area contributed by atoms with Crippen LogP contribution in [0.3, 0.4) is 0 Å². The maximum Gasteiger partial charge on any atom is 0.223 e. The predicted octanol–water partition coefficient (Wildman–Crippen LogP) is 3.65. The zero-order valence-corrected chi connectivity index (χ0v) is 16.2. The number of hydrogen-bond acceptors (Lipinski definition) is 4. The molecule has 5 rings (SSSR count). The molecule has 1 saturated heterocycles. The summed E-state index contributed by atoms with van der Waals surface area (Å²) in [6, 6.07) is 15.0. The Morgan fingerprint density at radius 3 is 2.46 bits per heavy atom. The van der Waals surface area contributed by atoms with Crippen LogP contribution in [0.4, 0.5) is 5.69 Å². The third-order valence-corrected chi connectivity index (χ3v) is 5.99. The average Bonchev–Trinajstić information content (AvgIpc) is 3.52. The molecule has 1 N–H and O–H groups in total. The van der Waals surface area contributed by atoms with Gasteiger partial charge in [0.25, 0.3) is 0 Å². The highest BCUT2D eigenvalue weighted by Gasteiger charge is 2.31. The van der Waals surface area contributed by atoms with Crippen LogP contribution < -0.4 is 19.7 Å². The zero-order valence-electron chi connectivity index (χ0n) is 16.2. The summed E-state index contributed by atoms with van der Waals surface area (Å²) in [5, 5.41) is 3.12. The number of ether oxygens (including phenoxy) is 2. The molecule has 2 aromatic carbocycles. The first kappa shape index (κ1) is 17.4. The second-order valence-electron chi connectivity index (χ2n) is 8.10. The Bertz CT molecular complexity index is 870. The first-order valence-electron chi connectivity index (χ1n) is 10.2. The molecule has 0 spiro atoms. The van der Waals surface area contributed by atoms with Crippen molar-refractivity contribution >= 4 is 11.6 Å². The lowest BCUT2D eigenvalue weighted by Crippen LogP contribution is -2.45. The van der Waals surface area contributed by atoms with Crippen molar-refractivity contribution < 1.29 is 14.3 Å². The SMILES string of the molecule is C[C@H](NC(=O)C1CC1)c1ccc(C2CN(c3ccc4c(c3)OCCO4)C2)cc1. The van der Waals surface area contributed by atoms with E-state index in [4.69, 9.17) is 9.47 Å². The molecule has 1 saturated carbocycles. The monoisotopic (exact) mass is 378 g/mol. The third kappa shape index (κ3) is 3.41. The first-order chi connectivity index (χ1) is 13.7. The molecule has 3 aliphatic rings. The van der Waals surface area contributed by atoms with Gasteiger partial charge in [0.05, 0.1) is 6.04 Å². The van der Waals surface area contributed by atoms with Crippen LogP contribution in [0.1, 0.15) is 42.9 Å². The van der Waals surface area contributed by atoms with Crippen molar-refractivity contribution in [2.75, 3.05) is 31.2 Å². The minimum Gasteiger partial charge on any atom is -0.486 e. The minimum absolute atomic E-state index is 0.0674. The van der Waals surface area contributed by atoms with Gasteiger partial charge in [-0.25, -0.2) is 0 Å². The van der Waals surface area contributed by atoms with E-state index in [1.807, 2.05) is 6.07 Å². The van der Waals surface area contributed by atoms with Gasteiger partial charge in [0.1, 0.15) is 13.2 Å². The van der Waals surface area contributed by atoms with Crippen LogP contribution in [0.5, 0.6) is 11.5 Å². The molecule has 5 heteroatoms. The minimum atomic E-state index is 0.0674. The van der Waals surface area contributed by atoms with Crippen LogP contribution in [0, 0.1) is 5.92 Å². The molecule has 0 aromatic heterocycles. The van der Waals surface area contributed by atoms with E-state index in [0.29, 0.717) is 19.1 Å². The Kier molecular flexibility index (Phi) is 4.38. The number of nitrogens with one attached hydrogen (secondary N) is 1. The topological polar surface area (TPSA) is 50.8 Å². The molecule has 1 aliphatic carbocycles. The Morgan fingerprint density at radius 1 is 1.04 bits per heavy atom. The Hall–Kier alpha value is -2.69. The van der Waals surface area contributed by atoms with Crippen LogP contribution in [0.2, 0.25) is 0 Å². The number of fused-ring (bicyclic) bond motifs is 1. The largest absolute Gasteiger partial charge is 0.486 e. The van der Waals surface area contributed by atoms with E-state index in [0.717, 1.165) is 37.4 Å². The van der Waals surface area contributed by atoms with Gasteiger partial charge in [0, 0.05) is 36.7 Å². The van der Waals surface area contributed by atoms with E-state index in [1.54, 1.807) is 0 Å². The summed E-state index contributed by atoms with van der Waals surface area (Å²) in [6.45, 7) is 5.31. The molecule has 2 fully saturated rings. The summed E-state index contributed by atoms with van der Waals surface area (Å²) < 4.78 is 11.3. The first-order valence-corrected chi connectivity index (χ1v) is 10.2. The number of carbonyl (C=O) groups excluding carboxylic acids is 1. The number of rotatable bonds is 5. The summed E-state index contributed by atoms with van der Waals surface area (Å²) in [5.74, 6) is 2.68. The average molecular weight is 378 g/mol. The molecule has 2 aliphatic heterocycles. The molecule has 146 valence electrons. The van der Waals surface area contributed by atoms with Gasteiger partial charge in [-0.05, 0) is 43.0 Å². The van der Waals surface area contributed by atoms with Crippen LogP contribution in [0.15, 0.2) is 42.5 Å². The van der Waals surface area contributed by atoms with Gasteiger partial charge >= 0.3 is 0 Å². The fourth-order valence-electron chi connectivity index (χ4n) is 3.95. The van der Waals surface area contributed by atoms with Crippen LogP contribution in [-0.4, -0.2) is 32.2 Å². The van der Waals surface area contributed by atoms with Gasteiger partial charge in [-0.15, -0.1) is 0 Å². The Morgan fingerprint density at radius 2 is 1.75 bits per heavy atom. The van der Waals surface area contributed by atoms with Crippen molar-refractivity contribution in [1.29, 1.82) is 0 Å². The fourth-order valence-corrected chi connectivity index (χ4v) is 3.95. The lowest BCUT2D eigenvalue weighted by Gasteiger charge is -2.41. The molecular formula is C23H26N2O3. The molecule has 1 amide bonds. The quantitative estimate of drug-likeness (QED) is 0.863. The molecule has 0 radical (unpaired) electrons. The summed E-state index contributed by atoms with van der Waals surface area (Å²) >= 11 is 0. The second kappa shape index (κ2) is 7.04. The molecule has 0 bridgehead atoms. The fraction of sp³-hybridized carbons (Fsp3) is 0.435. The molecular weight excluding hydrogens is 352 g/mol. The number of nitrogens with zero attached hydrogens (tertiary/aromatic N) is 1. The highest BCUT2D eigenvalue weighted by molar-refractivity contribution is 5.81. The van der Waals surface area contributed by atoms with Gasteiger partial charge in [-0.3, -0.25) is 4.79 Å². The van der Waals surface area contributed by atoms with Gasteiger partial charge in [0.2, 0.25) is 5.91 Å². The van der Waals surface area contributed by atoms with Crippen molar-refractivity contribution in [3.63, 3.8) is 0 Å². The van der Waals surface area contributed by atoms with Crippen LogP contribution in [0.25, 0.3) is 0 Å². The van der Waals surface area contributed by atoms with E-state index in [2.05, 4.69) is 53.5 Å². The molecule has 2 aromatic rings. The smallest absolute Gasteiger partial charge is 0.223 e. The number of anilines is 1. The van der Waals surface area contributed by atoms with Gasteiger partial charge in [0.15, 0.2) is 11.5 Å². The van der Waals surface area contributed by atoms with E-state index in [1.165, 1.54) is 16.8 Å². The lowest BCUT2D eigenvalue weighted by atomic mass is 9.90. The molecule has 5 nitrogen and oxygen atoms in total. The van der Waals surface area contributed by atoms with E-state index < -0.39 is 0 Å². The number of carbonyl (C=O) groups is 1. The Balaban J connectivity index is 1.19. The van der Waals surface area contributed by atoms with Crippen molar-refractivity contribution in [2.45, 2.75) is 31.7 Å². The summed E-state index contributed by atoms with van der Waals surface area (Å²) in [4.78, 5) is 14.3. The molecule has 1 atom stereocenters. The van der Waals surface area contributed by atoms with Crippen molar-refractivity contribution in [2.24, 2.45) is 5.92 Å². The maximum atomic E-state index is 11.9. The number of benzene rings is 2. The van der Waals surface area contributed by atoms with E-state index in [-0.39, 0.29) is 17.9 Å². The van der Waals surface area contributed by atoms with E-state index in [9.17, 15) is 4.79 Å². The third-order valence-electron chi connectivity index (χ3n) is 5.99. The second-order valence-corrected chi connectivity index (χ2v) is 8.10. The summed E-state index contributed by atoms with van der Waals surface area (Å²) in [5.41, 5.74) is 3.72. The van der Waals surface area contributed by atoms with Crippen molar-refractivity contribution in [3.8, 4) is 11.5 Å². The summed E-state index contributed by atoms with van der Waals surface area (Å²) in [6.07, 6.45) is 2.08. The van der Waals surface area contributed by atoms with Crippen molar-refractivity contribution in [1.82, 2.24) is 5.32 Å². The zero-order chi connectivity index (χ0) is 19.1. The van der Waals surface area contributed by atoms with Gasteiger partial charge in [-0.2, -0.15) is 0 Å². The molecule has 0 unspecified atom stereocenters. The highest BCUT2D eigenvalue weighted by atomic mass is 16.6. The van der Waals surface area contributed by atoms with Crippen LogP contribution in [-0.2, 0) is 4.79 Å². The Labute approximate surface area is 165 Å². The van der Waals surface area contributed by atoms with Crippen molar-refractivity contribution in [3.05, 3.63) is 53.6 Å². The normalized spacial score (nSPS) is 19.7. The van der Waals surface area contributed by atoms with E-state index >= 15 is 0 Å². The summed E-state index contributed by atoms with van der Waals surface area (Å²) in [7, 11) is 0. The number of hydrogen-bond donors (Lipinski definition) is 1. The maximum absolute atomic E-state index is 11.9. The van der Waals surface area contributed by atoms with Crippen LogP contribution >= 0.6 is 0 Å². The highest BCUT2D eigenvalue weighted by Crippen LogP contribution is 2.38. The number of amides is 1.